The van der Waals surface area contributed by atoms with Crippen LogP contribution in [-0.4, -0.2) is 42.6 Å². The first-order valence-electron chi connectivity index (χ1n) is 8.13. The molecule has 0 aliphatic heterocycles. The van der Waals surface area contributed by atoms with Gasteiger partial charge >= 0.3 is 11.9 Å². The Hall–Kier alpha value is -1.40. The number of carbonyl (C=O) groups is 2. The van der Waals surface area contributed by atoms with E-state index in [1.807, 2.05) is 38.8 Å². The van der Waals surface area contributed by atoms with Crippen molar-refractivity contribution < 1.29 is 19.1 Å². The molecular formula is C18H29NO4S. The summed E-state index contributed by atoms with van der Waals surface area (Å²) in [5.41, 5.74) is -0.509. The number of hydrogen-bond acceptors (Lipinski definition) is 6. The minimum atomic E-state index is -0.509. The van der Waals surface area contributed by atoms with Crippen molar-refractivity contribution in [3.05, 3.63) is 21.9 Å². The van der Waals surface area contributed by atoms with Crippen molar-refractivity contribution in [1.29, 1.82) is 0 Å². The molecule has 136 valence electrons. The highest BCUT2D eigenvalue weighted by molar-refractivity contribution is 7.13. The van der Waals surface area contributed by atoms with Crippen molar-refractivity contribution >= 4 is 23.3 Å². The Bertz CT molecular complexity index is 560. The molecule has 1 rings (SSSR count). The molecule has 24 heavy (non-hydrogen) atoms. The van der Waals surface area contributed by atoms with E-state index in [0.29, 0.717) is 17.3 Å². The van der Waals surface area contributed by atoms with E-state index in [0.717, 1.165) is 11.3 Å². The third kappa shape index (κ3) is 6.61. The van der Waals surface area contributed by atoms with Gasteiger partial charge in [0.25, 0.3) is 0 Å². The number of thiophene rings is 1. The van der Waals surface area contributed by atoms with Gasteiger partial charge in [-0.2, -0.15) is 0 Å². The lowest BCUT2D eigenvalue weighted by atomic mass is 10.0. The summed E-state index contributed by atoms with van der Waals surface area (Å²) in [6, 6.07) is 3.39. The molecule has 1 atom stereocenters. The van der Waals surface area contributed by atoms with Gasteiger partial charge in [-0.3, -0.25) is 9.69 Å². The van der Waals surface area contributed by atoms with Gasteiger partial charge in [0.2, 0.25) is 0 Å². The standard InChI is InChI=1S/C18H29NO4S/c1-12(2)10-14(16(20)22-7)19(6)11-13-8-9-15(24-13)17(21)23-18(3,4)5/h8-9,12,14H,10-11H2,1-7H3/t14-/m0/s1. The molecular weight excluding hydrogens is 326 g/mol. The van der Waals surface area contributed by atoms with Crippen LogP contribution in [0.25, 0.3) is 0 Å². The summed E-state index contributed by atoms with van der Waals surface area (Å²) in [4.78, 5) is 27.7. The maximum Gasteiger partial charge on any atom is 0.348 e. The van der Waals surface area contributed by atoms with Gasteiger partial charge in [0.15, 0.2) is 0 Å². The molecule has 0 aliphatic rings. The van der Waals surface area contributed by atoms with Crippen LogP contribution in [0.15, 0.2) is 12.1 Å². The van der Waals surface area contributed by atoms with E-state index >= 15 is 0 Å². The van der Waals surface area contributed by atoms with Gasteiger partial charge < -0.3 is 9.47 Å². The SMILES string of the molecule is COC(=O)[C@H](CC(C)C)N(C)Cc1ccc(C(=O)OC(C)(C)C)s1. The van der Waals surface area contributed by atoms with Gasteiger partial charge in [-0.1, -0.05) is 13.8 Å². The number of ether oxygens (including phenoxy) is 2. The maximum atomic E-state index is 12.1. The molecule has 5 nitrogen and oxygen atoms in total. The van der Waals surface area contributed by atoms with Crippen molar-refractivity contribution in [2.75, 3.05) is 14.2 Å². The fourth-order valence-corrected chi connectivity index (χ4v) is 3.24. The molecule has 0 fully saturated rings. The van der Waals surface area contributed by atoms with E-state index < -0.39 is 5.60 Å². The van der Waals surface area contributed by atoms with Crippen LogP contribution >= 0.6 is 11.3 Å². The molecule has 1 aromatic heterocycles. The first-order valence-corrected chi connectivity index (χ1v) is 8.95. The van der Waals surface area contributed by atoms with Crippen molar-refractivity contribution in [3.8, 4) is 0 Å². The van der Waals surface area contributed by atoms with Crippen LogP contribution in [0.4, 0.5) is 0 Å². The Labute approximate surface area is 148 Å². The molecule has 0 N–H and O–H groups in total. The number of hydrogen-bond donors (Lipinski definition) is 0. The second-order valence-corrected chi connectivity index (χ2v) is 8.52. The predicted octanol–water partition coefficient (Wildman–Crippen LogP) is 3.72. The lowest BCUT2D eigenvalue weighted by Gasteiger charge is -2.26. The third-order valence-electron chi connectivity index (χ3n) is 3.37. The Kier molecular flexibility index (Phi) is 7.42. The zero-order valence-corrected chi connectivity index (χ0v) is 16.5. The third-order valence-corrected chi connectivity index (χ3v) is 4.42. The normalized spacial score (nSPS) is 13.2. The second kappa shape index (κ2) is 8.62. The summed E-state index contributed by atoms with van der Waals surface area (Å²) in [6.07, 6.45) is 0.730. The lowest BCUT2D eigenvalue weighted by molar-refractivity contribution is -0.147. The van der Waals surface area contributed by atoms with Crippen LogP contribution in [0.5, 0.6) is 0 Å². The van der Waals surface area contributed by atoms with Gasteiger partial charge in [-0.05, 0) is 52.3 Å². The van der Waals surface area contributed by atoms with Gasteiger partial charge in [0.1, 0.15) is 16.5 Å². The Morgan fingerprint density at radius 1 is 1.25 bits per heavy atom. The molecule has 0 bridgehead atoms. The average Bonchev–Trinajstić information content (AvgIpc) is 2.90. The number of carbonyl (C=O) groups excluding carboxylic acids is 2. The minimum Gasteiger partial charge on any atom is -0.468 e. The summed E-state index contributed by atoms with van der Waals surface area (Å²) in [7, 11) is 3.31. The van der Waals surface area contributed by atoms with Crippen LogP contribution < -0.4 is 0 Å². The zero-order chi connectivity index (χ0) is 18.5. The molecule has 0 unspecified atom stereocenters. The Balaban J connectivity index is 2.77. The van der Waals surface area contributed by atoms with E-state index in [9.17, 15) is 9.59 Å². The molecule has 1 heterocycles. The number of methoxy groups -OCH3 is 1. The molecule has 0 saturated heterocycles. The predicted molar refractivity (Wildman–Crippen MR) is 96.2 cm³/mol. The zero-order valence-electron chi connectivity index (χ0n) is 15.7. The molecule has 0 amide bonds. The highest BCUT2D eigenvalue weighted by Crippen LogP contribution is 2.23. The molecule has 0 radical (unpaired) electrons. The maximum absolute atomic E-state index is 12.1. The van der Waals surface area contributed by atoms with Gasteiger partial charge in [0, 0.05) is 11.4 Å². The molecule has 0 saturated carbocycles. The topological polar surface area (TPSA) is 55.8 Å². The Morgan fingerprint density at radius 3 is 2.38 bits per heavy atom. The Morgan fingerprint density at radius 2 is 1.88 bits per heavy atom. The largest absolute Gasteiger partial charge is 0.468 e. The van der Waals surface area contributed by atoms with Gasteiger partial charge in [-0.15, -0.1) is 11.3 Å². The van der Waals surface area contributed by atoms with Crippen LogP contribution in [0.1, 0.15) is 55.6 Å². The van der Waals surface area contributed by atoms with E-state index in [2.05, 4.69) is 13.8 Å². The average molecular weight is 356 g/mol. The molecule has 6 heteroatoms. The van der Waals surface area contributed by atoms with Crippen LogP contribution in [-0.2, 0) is 20.8 Å². The van der Waals surface area contributed by atoms with Crippen LogP contribution in [0.3, 0.4) is 0 Å². The first kappa shape index (κ1) is 20.6. The monoisotopic (exact) mass is 355 g/mol. The van der Waals surface area contributed by atoms with Crippen molar-refractivity contribution in [1.82, 2.24) is 4.90 Å². The molecule has 0 aromatic carbocycles. The number of likely N-dealkylation sites (N-methyl/N-ethyl adjacent to an activating group) is 1. The fourth-order valence-electron chi connectivity index (χ4n) is 2.30. The van der Waals surface area contributed by atoms with Gasteiger partial charge in [0.05, 0.1) is 7.11 Å². The summed E-state index contributed by atoms with van der Waals surface area (Å²) in [5.74, 6) is -0.152. The fraction of sp³-hybridized carbons (Fsp3) is 0.667. The van der Waals surface area contributed by atoms with E-state index in [1.165, 1.54) is 18.4 Å². The molecule has 0 spiro atoms. The summed E-state index contributed by atoms with van der Waals surface area (Å²) < 4.78 is 10.3. The van der Waals surface area contributed by atoms with Gasteiger partial charge in [-0.25, -0.2) is 4.79 Å². The smallest absolute Gasteiger partial charge is 0.348 e. The van der Waals surface area contributed by atoms with Crippen LogP contribution in [0, 0.1) is 5.92 Å². The number of rotatable bonds is 7. The molecule has 1 aromatic rings. The van der Waals surface area contributed by atoms with Crippen molar-refractivity contribution in [2.45, 2.75) is 59.2 Å². The van der Waals surface area contributed by atoms with Crippen molar-refractivity contribution in [3.63, 3.8) is 0 Å². The highest BCUT2D eigenvalue weighted by Gasteiger charge is 2.26. The lowest BCUT2D eigenvalue weighted by Crippen LogP contribution is -2.39. The van der Waals surface area contributed by atoms with Crippen molar-refractivity contribution in [2.24, 2.45) is 5.92 Å². The second-order valence-electron chi connectivity index (χ2n) is 7.35. The minimum absolute atomic E-state index is 0.227. The summed E-state index contributed by atoms with van der Waals surface area (Å²) >= 11 is 1.40. The van der Waals surface area contributed by atoms with E-state index in [-0.39, 0.29) is 18.0 Å². The number of esters is 2. The summed E-state index contributed by atoms with van der Waals surface area (Å²) in [6.45, 7) is 10.3. The molecule has 0 aliphatic carbocycles. The highest BCUT2D eigenvalue weighted by atomic mass is 32.1. The van der Waals surface area contributed by atoms with E-state index in [1.54, 1.807) is 6.07 Å². The summed E-state index contributed by atoms with van der Waals surface area (Å²) in [5, 5.41) is 0. The first-order chi connectivity index (χ1) is 11.0. The quantitative estimate of drug-likeness (QED) is 0.698. The van der Waals surface area contributed by atoms with E-state index in [4.69, 9.17) is 9.47 Å². The van der Waals surface area contributed by atoms with Crippen LogP contribution in [0.2, 0.25) is 0 Å². The number of nitrogens with zero attached hydrogens (tertiary/aromatic N) is 1.